The maximum absolute atomic E-state index is 9.16. The van der Waals surface area contributed by atoms with E-state index in [1.54, 1.807) is 0 Å². The van der Waals surface area contributed by atoms with Crippen molar-refractivity contribution in [3.05, 3.63) is 35.4 Å². The van der Waals surface area contributed by atoms with Crippen molar-refractivity contribution in [1.29, 1.82) is 0 Å². The molecule has 0 aliphatic heterocycles. The number of benzene rings is 1. The second-order valence-corrected chi connectivity index (χ2v) is 5.81. The number of halogens is 1. The zero-order valence-electron chi connectivity index (χ0n) is 13.1. The molecule has 21 heavy (non-hydrogen) atoms. The van der Waals surface area contributed by atoms with Crippen LogP contribution >= 0.6 is 12.4 Å². The average molecular weight is 316 g/mol. The van der Waals surface area contributed by atoms with Gasteiger partial charge in [0, 0.05) is 0 Å². The fourth-order valence-electron chi connectivity index (χ4n) is 2.23. The number of nitrogens with two attached hydrogens (primary N) is 1. The molecule has 3 nitrogen and oxygen atoms in total. The van der Waals surface area contributed by atoms with E-state index in [9.17, 15) is 0 Å². The van der Waals surface area contributed by atoms with E-state index in [0.29, 0.717) is 6.42 Å². The molecule has 122 valence electrons. The zero-order chi connectivity index (χ0) is 14.8. The SMILES string of the molecule is CCCCCCc1ccc(CCC(N)(CO)CO)cc1.Cl. The van der Waals surface area contributed by atoms with Crippen LogP contribution in [0.25, 0.3) is 0 Å². The fourth-order valence-corrected chi connectivity index (χ4v) is 2.23. The van der Waals surface area contributed by atoms with Gasteiger partial charge in [0.15, 0.2) is 0 Å². The summed E-state index contributed by atoms with van der Waals surface area (Å²) in [7, 11) is 0. The first kappa shape index (κ1) is 20.4. The molecule has 1 aromatic carbocycles. The Morgan fingerprint density at radius 1 is 0.905 bits per heavy atom. The van der Waals surface area contributed by atoms with E-state index in [-0.39, 0.29) is 25.6 Å². The number of rotatable bonds is 10. The van der Waals surface area contributed by atoms with Gasteiger partial charge in [-0.2, -0.15) is 0 Å². The highest BCUT2D eigenvalue weighted by Crippen LogP contribution is 2.14. The van der Waals surface area contributed by atoms with Crippen molar-refractivity contribution in [2.24, 2.45) is 5.73 Å². The molecule has 0 spiro atoms. The molecule has 0 atom stereocenters. The van der Waals surface area contributed by atoms with Gasteiger partial charge in [-0.25, -0.2) is 0 Å². The van der Waals surface area contributed by atoms with E-state index in [1.807, 2.05) is 0 Å². The minimum atomic E-state index is -0.862. The Morgan fingerprint density at radius 3 is 1.90 bits per heavy atom. The second kappa shape index (κ2) is 11.0. The number of hydrogen-bond donors (Lipinski definition) is 3. The second-order valence-electron chi connectivity index (χ2n) is 5.81. The first-order valence-corrected chi connectivity index (χ1v) is 7.72. The predicted octanol–water partition coefficient (Wildman–Crippen LogP) is 2.85. The minimum Gasteiger partial charge on any atom is -0.394 e. The molecule has 1 aromatic rings. The molecule has 0 unspecified atom stereocenters. The Labute approximate surface area is 135 Å². The van der Waals surface area contributed by atoms with E-state index < -0.39 is 5.54 Å². The lowest BCUT2D eigenvalue weighted by molar-refractivity contribution is 0.115. The van der Waals surface area contributed by atoms with Crippen molar-refractivity contribution in [3.63, 3.8) is 0 Å². The van der Waals surface area contributed by atoms with Crippen LogP contribution in [0.5, 0.6) is 0 Å². The van der Waals surface area contributed by atoms with E-state index in [1.165, 1.54) is 36.8 Å². The molecule has 0 radical (unpaired) electrons. The van der Waals surface area contributed by atoms with Gasteiger partial charge in [-0.05, 0) is 36.8 Å². The summed E-state index contributed by atoms with van der Waals surface area (Å²) in [6.07, 6.45) is 7.68. The average Bonchev–Trinajstić information content (AvgIpc) is 2.50. The Hall–Kier alpha value is -0.610. The van der Waals surface area contributed by atoms with Crippen LogP contribution in [0.4, 0.5) is 0 Å². The number of hydrogen-bond acceptors (Lipinski definition) is 3. The van der Waals surface area contributed by atoms with Crippen LogP contribution in [0.2, 0.25) is 0 Å². The van der Waals surface area contributed by atoms with Gasteiger partial charge in [-0.3, -0.25) is 0 Å². The van der Waals surface area contributed by atoms with E-state index in [0.717, 1.165) is 12.8 Å². The molecule has 4 N–H and O–H groups in total. The highest BCUT2D eigenvalue weighted by atomic mass is 35.5. The number of aliphatic hydroxyl groups excluding tert-OH is 2. The summed E-state index contributed by atoms with van der Waals surface area (Å²) in [5.41, 5.74) is 7.60. The third kappa shape index (κ3) is 7.82. The third-order valence-electron chi connectivity index (χ3n) is 3.88. The monoisotopic (exact) mass is 315 g/mol. The first-order valence-electron chi connectivity index (χ1n) is 7.72. The van der Waals surface area contributed by atoms with Crippen molar-refractivity contribution in [2.45, 2.75) is 57.4 Å². The summed E-state index contributed by atoms with van der Waals surface area (Å²) in [5.74, 6) is 0. The lowest BCUT2D eigenvalue weighted by Gasteiger charge is -2.24. The van der Waals surface area contributed by atoms with E-state index in [4.69, 9.17) is 15.9 Å². The Balaban J connectivity index is 0.00000400. The van der Waals surface area contributed by atoms with Gasteiger partial charge < -0.3 is 15.9 Å². The van der Waals surface area contributed by atoms with Gasteiger partial charge in [0.25, 0.3) is 0 Å². The van der Waals surface area contributed by atoms with Crippen LogP contribution < -0.4 is 5.73 Å². The van der Waals surface area contributed by atoms with E-state index >= 15 is 0 Å². The van der Waals surface area contributed by atoms with Crippen molar-refractivity contribution in [2.75, 3.05) is 13.2 Å². The maximum atomic E-state index is 9.16. The largest absolute Gasteiger partial charge is 0.394 e. The summed E-state index contributed by atoms with van der Waals surface area (Å²) in [6.45, 7) is 1.86. The Morgan fingerprint density at radius 2 is 1.43 bits per heavy atom. The fraction of sp³-hybridized carbons (Fsp3) is 0.647. The van der Waals surface area contributed by atoms with Gasteiger partial charge in [-0.1, -0.05) is 50.5 Å². The molecule has 0 saturated heterocycles. The van der Waals surface area contributed by atoms with Crippen LogP contribution in [0.1, 0.15) is 50.2 Å². The van der Waals surface area contributed by atoms with Crippen LogP contribution in [-0.2, 0) is 12.8 Å². The molecule has 4 heteroatoms. The lowest BCUT2D eigenvalue weighted by Crippen LogP contribution is -2.47. The molecule has 0 saturated carbocycles. The van der Waals surface area contributed by atoms with Gasteiger partial charge >= 0.3 is 0 Å². The van der Waals surface area contributed by atoms with Crippen LogP contribution in [0.3, 0.4) is 0 Å². The van der Waals surface area contributed by atoms with Gasteiger partial charge in [0.05, 0.1) is 18.8 Å². The molecule has 0 fully saturated rings. The zero-order valence-corrected chi connectivity index (χ0v) is 13.9. The van der Waals surface area contributed by atoms with Crippen LogP contribution in [0.15, 0.2) is 24.3 Å². The molecule has 0 aromatic heterocycles. The Kier molecular flexibility index (Phi) is 10.7. The Bertz CT molecular complexity index is 364. The summed E-state index contributed by atoms with van der Waals surface area (Å²) < 4.78 is 0. The quantitative estimate of drug-likeness (QED) is 0.582. The van der Waals surface area contributed by atoms with Crippen molar-refractivity contribution >= 4 is 12.4 Å². The molecule has 0 aliphatic carbocycles. The summed E-state index contributed by atoms with van der Waals surface area (Å²) in [5, 5.41) is 18.3. The standard InChI is InChI=1S/C17H29NO2.ClH/c1-2-3-4-5-6-15-7-9-16(10-8-15)11-12-17(18,13-19)14-20;/h7-10,19-20H,2-6,11-14,18H2,1H3;1H. The molecule has 0 amide bonds. The van der Waals surface area contributed by atoms with Crippen LogP contribution in [0, 0.1) is 0 Å². The lowest BCUT2D eigenvalue weighted by atomic mass is 9.93. The number of unbranched alkanes of at least 4 members (excludes halogenated alkanes) is 3. The molecule has 0 aliphatic rings. The number of aliphatic hydroxyl groups is 2. The van der Waals surface area contributed by atoms with Gasteiger partial charge in [0.1, 0.15) is 0 Å². The highest BCUT2D eigenvalue weighted by molar-refractivity contribution is 5.85. The summed E-state index contributed by atoms with van der Waals surface area (Å²) in [4.78, 5) is 0. The van der Waals surface area contributed by atoms with Gasteiger partial charge in [0.2, 0.25) is 0 Å². The highest BCUT2D eigenvalue weighted by Gasteiger charge is 2.22. The predicted molar refractivity (Wildman–Crippen MR) is 90.9 cm³/mol. The normalized spacial score (nSPS) is 11.2. The summed E-state index contributed by atoms with van der Waals surface area (Å²) >= 11 is 0. The minimum absolute atomic E-state index is 0. The third-order valence-corrected chi connectivity index (χ3v) is 3.88. The summed E-state index contributed by atoms with van der Waals surface area (Å²) in [6, 6.07) is 8.61. The number of aryl methyl sites for hydroxylation is 2. The van der Waals surface area contributed by atoms with Crippen LogP contribution in [-0.4, -0.2) is 29.0 Å². The smallest absolute Gasteiger partial charge is 0.0633 e. The first-order chi connectivity index (χ1) is 9.63. The molecular formula is C17H30ClNO2. The molecular weight excluding hydrogens is 286 g/mol. The van der Waals surface area contributed by atoms with Crippen molar-refractivity contribution in [1.82, 2.24) is 0 Å². The molecule has 1 rings (SSSR count). The maximum Gasteiger partial charge on any atom is 0.0633 e. The van der Waals surface area contributed by atoms with Crippen molar-refractivity contribution < 1.29 is 10.2 Å². The van der Waals surface area contributed by atoms with Crippen molar-refractivity contribution in [3.8, 4) is 0 Å². The molecule has 0 bridgehead atoms. The molecule has 0 heterocycles. The van der Waals surface area contributed by atoms with E-state index in [2.05, 4.69) is 31.2 Å². The van der Waals surface area contributed by atoms with Gasteiger partial charge in [-0.15, -0.1) is 12.4 Å². The topological polar surface area (TPSA) is 66.5 Å².